The lowest BCUT2D eigenvalue weighted by Crippen LogP contribution is -2.48. The van der Waals surface area contributed by atoms with E-state index in [2.05, 4.69) is 4.90 Å². The first kappa shape index (κ1) is 21.8. The first-order valence-electron chi connectivity index (χ1n) is 11.6. The fourth-order valence-corrected chi connectivity index (χ4v) is 4.35. The number of carbonyl (C=O) groups excluding carboxylic acids is 1. The Labute approximate surface area is 199 Å². The Kier molecular flexibility index (Phi) is 6.29. The van der Waals surface area contributed by atoms with Crippen molar-refractivity contribution in [2.24, 2.45) is 0 Å². The van der Waals surface area contributed by atoms with E-state index in [-0.39, 0.29) is 11.7 Å². The van der Waals surface area contributed by atoms with Crippen LogP contribution in [0.25, 0.3) is 22.6 Å². The van der Waals surface area contributed by atoms with Crippen LogP contribution in [0.15, 0.2) is 89.3 Å². The average Bonchev–Trinajstić information content (AvgIpc) is 3.33. The second kappa shape index (κ2) is 9.83. The number of hydrogen-bond acceptors (Lipinski definition) is 5. The van der Waals surface area contributed by atoms with Gasteiger partial charge < -0.3 is 19.3 Å². The van der Waals surface area contributed by atoms with Crippen molar-refractivity contribution < 1.29 is 14.3 Å². The summed E-state index contributed by atoms with van der Waals surface area (Å²) in [6.07, 6.45) is 0.796. The third-order valence-electron chi connectivity index (χ3n) is 6.16. The van der Waals surface area contributed by atoms with Crippen molar-refractivity contribution in [1.29, 1.82) is 0 Å². The molecule has 1 aliphatic heterocycles. The molecule has 6 heteroatoms. The Morgan fingerprint density at radius 3 is 2.12 bits per heavy atom. The third-order valence-corrected chi connectivity index (χ3v) is 6.16. The maximum atomic E-state index is 12.9. The SMILES string of the molecule is O=C(CCc1nc(-c2ccccc2)c(-c2ccccc2)o1)N1CCN(c2ccccc2O)CC1. The number of anilines is 1. The Balaban J connectivity index is 1.25. The Morgan fingerprint density at radius 2 is 1.44 bits per heavy atom. The molecule has 0 aliphatic carbocycles. The standard InChI is InChI=1S/C28H27N3O3/c32-24-14-8-7-13-23(24)30-17-19-31(20-18-30)26(33)16-15-25-29-27(21-9-3-1-4-10-21)28(34-25)22-11-5-2-6-12-22/h1-14,32H,15-20H2. The number of phenolic OH excluding ortho intramolecular Hbond substituents is 1. The summed E-state index contributed by atoms with van der Waals surface area (Å²) in [7, 11) is 0. The number of phenols is 1. The van der Waals surface area contributed by atoms with Gasteiger partial charge in [0.05, 0.1) is 5.69 Å². The van der Waals surface area contributed by atoms with E-state index in [1.807, 2.05) is 83.8 Å². The lowest BCUT2D eigenvalue weighted by atomic mass is 10.1. The quantitative estimate of drug-likeness (QED) is 0.445. The molecule has 34 heavy (non-hydrogen) atoms. The number of aryl methyl sites for hydroxylation is 1. The molecule has 1 amide bonds. The van der Waals surface area contributed by atoms with Crippen LogP contribution in [0.5, 0.6) is 5.75 Å². The fourth-order valence-electron chi connectivity index (χ4n) is 4.35. The second-order valence-electron chi connectivity index (χ2n) is 8.37. The molecule has 3 aromatic carbocycles. The lowest BCUT2D eigenvalue weighted by Gasteiger charge is -2.36. The first-order valence-corrected chi connectivity index (χ1v) is 11.6. The number of benzene rings is 3. The summed E-state index contributed by atoms with van der Waals surface area (Å²) < 4.78 is 6.16. The zero-order valence-corrected chi connectivity index (χ0v) is 18.9. The maximum absolute atomic E-state index is 12.9. The number of aromatic hydroxyl groups is 1. The van der Waals surface area contributed by atoms with E-state index in [1.54, 1.807) is 6.07 Å². The number of para-hydroxylation sites is 2. The number of aromatic nitrogens is 1. The highest BCUT2D eigenvalue weighted by Crippen LogP contribution is 2.33. The number of hydrogen-bond donors (Lipinski definition) is 1. The summed E-state index contributed by atoms with van der Waals surface area (Å²) in [6, 6.07) is 27.2. The highest BCUT2D eigenvalue weighted by atomic mass is 16.4. The van der Waals surface area contributed by atoms with Crippen LogP contribution < -0.4 is 4.90 Å². The van der Waals surface area contributed by atoms with Crippen LogP contribution >= 0.6 is 0 Å². The zero-order valence-electron chi connectivity index (χ0n) is 18.9. The topological polar surface area (TPSA) is 69.8 Å². The summed E-state index contributed by atoms with van der Waals surface area (Å²) >= 11 is 0. The molecule has 4 aromatic rings. The minimum absolute atomic E-state index is 0.0951. The Bertz CT molecular complexity index is 1190. The third kappa shape index (κ3) is 4.66. The van der Waals surface area contributed by atoms with Gasteiger partial charge in [0.25, 0.3) is 0 Å². The minimum atomic E-state index is 0.0951. The molecule has 6 nitrogen and oxygen atoms in total. The van der Waals surface area contributed by atoms with Gasteiger partial charge in [-0.05, 0) is 12.1 Å². The highest BCUT2D eigenvalue weighted by Gasteiger charge is 2.23. The van der Waals surface area contributed by atoms with Gasteiger partial charge in [-0.25, -0.2) is 4.98 Å². The molecule has 1 aliphatic rings. The van der Waals surface area contributed by atoms with Gasteiger partial charge in [-0.3, -0.25) is 4.79 Å². The van der Waals surface area contributed by atoms with E-state index in [0.29, 0.717) is 44.9 Å². The van der Waals surface area contributed by atoms with Gasteiger partial charge in [0, 0.05) is 50.1 Å². The molecule has 2 heterocycles. The van der Waals surface area contributed by atoms with E-state index in [4.69, 9.17) is 9.40 Å². The number of amides is 1. The molecule has 5 rings (SSSR count). The van der Waals surface area contributed by atoms with E-state index in [1.165, 1.54) is 0 Å². The largest absolute Gasteiger partial charge is 0.506 e. The van der Waals surface area contributed by atoms with Gasteiger partial charge in [-0.15, -0.1) is 0 Å². The van der Waals surface area contributed by atoms with Crippen LogP contribution in [0.3, 0.4) is 0 Å². The van der Waals surface area contributed by atoms with Gasteiger partial charge in [0.2, 0.25) is 5.91 Å². The number of oxazole rings is 1. The van der Waals surface area contributed by atoms with Gasteiger partial charge in [0.1, 0.15) is 11.4 Å². The summed E-state index contributed by atoms with van der Waals surface area (Å²) in [4.78, 5) is 21.7. The zero-order chi connectivity index (χ0) is 23.3. The Morgan fingerprint density at radius 1 is 0.824 bits per heavy atom. The molecule has 0 bridgehead atoms. The molecule has 1 N–H and O–H groups in total. The van der Waals surface area contributed by atoms with Gasteiger partial charge in [-0.2, -0.15) is 0 Å². The van der Waals surface area contributed by atoms with Crippen molar-refractivity contribution in [2.75, 3.05) is 31.1 Å². The molecule has 0 unspecified atom stereocenters. The number of rotatable bonds is 6. The van der Waals surface area contributed by atoms with Crippen molar-refractivity contribution in [3.05, 3.63) is 90.8 Å². The number of piperazine rings is 1. The molecule has 172 valence electrons. The van der Waals surface area contributed by atoms with Gasteiger partial charge in [0.15, 0.2) is 11.7 Å². The molecule has 1 fully saturated rings. The number of nitrogens with zero attached hydrogens (tertiary/aromatic N) is 3. The normalized spacial score (nSPS) is 13.8. The van der Waals surface area contributed by atoms with Gasteiger partial charge in [-0.1, -0.05) is 72.8 Å². The molecule has 0 atom stereocenters. The van der Waals surface area contributed by atoms with Crippen molar-refractivity contribution in [2.45, 2.75) is 12.8 Å². The molecule has 1 saturated heterocycles. The Hall–Kier alpha value is -4.06. The molecule has 0 spiro atoms. The summed E-state index contributed by atoms with van der Waals surface area (Å²) in [5.41, 5.74) is 3.57. The van der Waals surface area contributed by atoms with Crippen molar-refractivity contribution in [3.8, 4) is 28.3 Å². The van der Waals surface area contributed by atoms with E-state index < -0.39 is 0 Å². The number of carbonyl (C=O) groups is 1. The van der Waals surface area contributed by atoms with E-state index >= 15 is 0 Å². The summed E-state index contributed by atoms with van der Waals surface area (Å²) in [5, 5.41) is 10.1. The minimum Gasteiger partial charge on any atom is -0.506 e. The molecule has 0 radical (unpaired) electrons. The molecule has 0 saturated carbocycles. The van der Waals surface area contributed by atoms with Crippen LogP contribution in [0.1, 0.15) is 12.3 Å². The van der Waals surface area contributed by atoms with Crippen LogP contribution in [-0.2, 0) is 11.2 Å². The first-order chi connectivity index (χ1) is 16.7. The molecule has 1 aromatic heterocycles. The van der Waals surface area contributed by atoms with Crippen molar-refractivity contribution in [3.63, 3.8) is 0 Å². The van der Waals surface area contributed by atoms with Crippen LogP contribution in [0.4, 0.5) is 5.69 Å². The van der Waals surface area contributed by atoms with Gasteiger partial charge >= 0.3 is 0 Å². The van der Waals surface area contributed by atoms with Crippen LogP contribution in [-0.4, -0.2) is 47.1 Å². The van der Waals surface area contributed by atoms with Crippen molar-refractivity contribution >= 4 is 11.6 Å². The predicted molar refractivity (Wildman–Crippen MR) is 133 cm³/mol. The van der Waals surface area contributed by atoms with E-state index in [9.17, 15) is 9.90 Å². The fraction of sp³-hybridized carbons (Fsp3) is 0.214. The maximum Gasteiger partial charge on any atom is 0.223 e. The van der Waals surface area contributed by atoms with E-state index in [0.717, 1.165) is 28.3 Å². The molecular formula is C28H27N3O3. The highest BCUT2D eigenvalue weighted by molar-refractivity contribution is 5.78. The summed E-state index contributed by atoms with van der Waals surface area (Å²) in [5.74, 6) is 1.66. The predicted octanol–water partition coefficient (Wildman–Crippen LogP) is 5.00. The van der Waals surface area contributed by atoms with Crippen molar-refractivity contribution in [1.82, 2.24) is 9.88 Å². The monoisotopic (exact) mass is 453 g/mol. The second-order valence-corrected chi connectivity index (χ2v) is 8.37. The molecular weight excluding hydrogens is 426 g/mol. The lowest BCUT2D eigenvalue weighted by molar-refractivity contribution is -0.131. The van der Waals surface area contributed by atoms with Crippen LogP contribution in [0, 0.1) is 0 Å². The average molecular weight is 454 g/mol. The smallest absolute Gasteiger partial charge is 0.223 e. The van der Waals surface area contributed by atoms with Crippen LogP contribution in [0.2, 0.25) is 0 Å². The summed E-state index contributed by atoms with van der Waals surface area (Å²) in [6.45, 7) is 2.64.